The van der Waals surface area contributed by atoms with Crippen LogP contribution in [0.4, 0.5) is 10.1 Å². The van der Waals surface area contributed by atoms with E-state index >= 15 is 0 Å². The van der Waals surface area contributed by atoms with E-state index in [1.54, 1.807) is 0 Å². The number of nitrogens with zero attached hydrogens (tertiary/aromatic N) is 3. The van der Waals surface area contributed by atoms with Gasteiger partial charge in [0, 0.05) is 18.7 Å². The summed E-state index contributed by atoms with van der Waals surface area (Å²) in [7, 11) is -0.894. The number of pyridine rings is 1. The molecule has 0 aliphatic rings. The van der Waals surface area contributed by atoms with Crippen molar-refractivity contribution in [1.82, 2.24) is 14.9 Å². The lowest BCUT2D eigenvalue weighted by atomic mass is 10.1. The molecule has 9 nitrogen and oxygen atoms in total. The predicted molar refractivity (Wildman–Crippen MR) is 110 cm³/mol. The molecule has 2 N–H and O–H groups in total. The molecule has 0 atom stereocenters. The number of anilines is 1. The standard InChI is InChI=1S/C19H21FN4O5S/c1-21-19(26)17-14-10-16(29-2)15(24(8-9-25)30(3,27)28)11-23(14)22-18(17)12-4-6-13(20)7-5-12/h4-7,10-11,25H,8-9H2,1-3H3,(H,21,26). The van der Waals surface area contributed by atoms with Gasteiger partial charge in [-0.25, -0.2) is 17.3 Å². The Labute approximate surface area is 172 Å². The van der Waals surface area contributed by atoms with E-state index in [1.807, 2.05) is 0 Å². The van der Waals surface area contributed by atoms with Crippen molar-refractivity contribution >= 4 is 27.1 Å². The van der Waals surface area contributed by atoms with Crippen LogP contribution in [0.5, 0.6) is 5.75 Å². The fraction of sp³-hybridized carbons (Fsp3) is 0.263. The summed E-state index contributed by atoms with van der Waals surface area (Å²) in [6.45, 7) is -0.590. The van der Waals surface area contributed by atoms with Gasteiger partial charge in [0.2, 0.25) is 10.0 Å². The number of aromatic nitrogens is 2. The van der Waals surface area contributed by atoms with E-state index in [1.165, 1.54) is 55.2 Å². The number of hydrogen-bond donors (Lipinski definition) is 2. The second-order valence-corrected chi connectivity index (χ2v) is 8.33. The molecule has 2 aromatic heterocycles. The Morgan fingerprint density at radius 3 is 2.53 bits per heavy atom. The Balaban J connectivity index is 2.33. The van der Waals surface area contributed by atoms with Crippen LogP contribution in [-0.4, -0.2) is 62.6 Å². The maximum atomic E-state index is 13.4. The largest absolute Gasteiger partial charge is 0.494 e. The van der Waals surface area contributed by atoms with Gasteiger partial charge in [0.1, 0.15) is 22.9 Å². The fourth-order valence-corrected chi connectivity index (χ4v) is 4.03. The number of nitrogens with one attached hydrogen (secondary N) is 1. The van der Waals surface area contributed by atoms with E-state index in [-0.39, 0.29) is 23.5 Å². The molecule has 160 valence electrons. The molecule has 30 heavy (non-hydrogen) atoms. The van der Waals surface area contributed by atoms with E-state index in [9.17, 15) is 22.7 Å². The summed E-state index contributed by atoms with van der Waals surface area (Å²) in [5.41, 5.74) is 1.54. The van der Waals surface area contributed by atoms with Gasteiger partial charge in [0.15, 0.2) is 0 Å². The Morgan fingerprint density at radius 2 is 2.00 bits per heavy atom. The molecule has 0 spiro atoms. The molecule has 1 aromatic carbocycles. The number of ether oxygens (including phenoxy) is 1. The van der Waals surface area contributed by atoms with E-state index in [4.69, 9.17) is 4.74 Å². The molecule has 0 aliphatic carbocycles. The Morgan fingerprint density at radius 1 is 1.33 bits per heavy atom. The zero-order chi connectivity index (χ0) is 22.1. The smallest absolute Gasteiger partial charge is 0.255 e. The van der Waals surface area contributed by atoms with Crippen LogP contribution < -0.4 is 14.4 Å². The number of aliphatic hydroxyl groups is 1. The molecule has 0 fully saturated rings. The number of fused-ring (bicyclic) bond motifs is 1. The number of hydrogen-bond acceptors (Lipinski definition) is 6. The quantitative estimate of drug-likeness (QED) is 0.577. The highest BCUT2D eigenvalue weighted by Crippen LogP contribution is 2.35. The first kappa shape index (κ1) is 21.5. The zero-order valence-corrected chi connectivity index (χ0v) is 17.4. The number of amides is 1. The maximum Gasteiger partial charge on any atom is 0.255 e. The topological polar surface area (TPSA) is 113 Å². The normalized spacial score (nSPS) is 11.5. The van der Waals surface area contributed by atoms with Gasteiger partial charge >= 0.3 is 0 Å². The van der Waals surface area contributed by atoms with E-state index in [0.717, 1.165) is 10.6 Å². The van der Waals surface area contributed by atoms with Gasteiger partial charge in [-0.2, -0.15) is 5.10 Å². The van der Waals surface area contributed by atoms with Crippen LogP contribution in [0.2, 0.25) is 0 Å². The minimum absolute atomic E-state index is 0.151. The van der Waals surface area contributed by atoms with Crippen LogP contribution in [0.15, 0.2) is 36.5 Å². The molecule has 11 heteroatoms. The van der Waals surface area contributed by atoms with E-state index < -0.39 is 28.4 Å². The summed E-state index contributed by atoms with van der Waals surface area (Å²) in [6.07, 6.45) is 2.42. The maximum absolute atomic E-state index is 13.4. The van der Waals surface area contributed by atoms with Crippen molar-refractivity contribution in [3.63, 3.8) is 0 Å². The molecule has 0 radical (unpaired) electrons. The number of sulfonamides is 1. The van der Waals surface area contributed by atoms with Gasteiger partial charge in [-0.1, -0.05) is 0 Å². The molecule has 2 heterocycles. The lowest BCUT2D eigenvalue weighted by molar-refractivity contribution is 0.0965. The number of carbonyl (C=O) groups is 1. The van der Waals surface area contributed by atoms with Crippen molar-refractivity contribution in [2.75, 3.05) is 37.9 Å². The lowest BCUT2D eigenvalue weighted by Crippen LogP contribution is -2.33. The molecule has 3 aromatic rings. The molecule has 3 rings (SSSR count). The molecule has 0 saturated heterocycles. The average Bonchev–Trinajstić information content (AvgIpc) is 3.08. The monoisotopic (exact) mass is 436 g/mol. The predicted octanol–water partition coefficient (Wildman–Crippen LogP) is 1.27. The van der Waals surface area contributed by atoms with Crippen molar-refractivity contribution < 1.29 is 27.4 Å². The summed E-state index contributed by atoms with van der Waals surface area (Å²) in [5.74, 6) is -0.674. The SMILES string of the molecule is CNC(=O)c1c(-c2ccc(F)cc2)nn2cc(N(CCO)S(C)(=O)=O)c(OC)cc12. The van der Waals surface area contributed by atoms with Gasteiger partial charge in [0.25, 0.3) is 5.91 Å². The summed E-state index contributed by atoms with van der Waals surface area (Å²) >= 11 is 0. The van der Waals surface area contributed by atoms with Crippen LogP contribution >= 0.6 is 0 Å². The summed E-state index contributed by atoms with van der Waals surface area (Å²) in [4.78, 5) is 12.6. The van der Waals surface area contributed by atoms with Crippen molar-refractivity contribution in [1.29, 1.82) is 0 Å². The Bertz CT molecular complexity index is 1190. The Kier molecular flexibility index (Phi) is 5.94. The first-order valence-corrected chi connectivity index (χ1v) is 10.7. The van der Waals surface area contributed by atoms with E-state index in [0.29, 0.717) is 16.8 Å². The first-order chi connectivity index (χ1) is 14.2. The third-order valence-corrected chi connectivity index (χ3v) is 5.66. The van der Waals surface area contributed by atoms with Crippen molar-refractivity contribution in [3.05, 3.63) is 47.9 Å². The number of benzene rings is 1. The number of carbonyl (C=O) groups excluding carboxylic acids is 1. The fourth-order valence-electron chi connectivity index (χ4n) is 3.13. The molecular weight excluding hydrogens is 415 g/mol. The molecule has 0 aliphatic heterocycles. The highest BCUT2D eigenvalue weighted by atomic mass is 32.2. The zero-order valence-electron chi connectivity index (χ0n) is 16.6. The van der Waals surface area contributed by atoms with Gasteiger partial charge in [-0.15, -0.1) is 0 Å². The molecule has 0 saturated carbocycles. The van der Waals surface area contributed by atoms with Gasteiger partial charge in [-0.3, -0.25) is 9.10 Å². The number of methoxy groups -OCH3 is 1. The molecule has 0 bridgehead atoms. The summed E-state index contributed by atoms with van der Waals surface area (Å²) in [5, 5.41) is 16.3. The van der Waals surface area contributed by atoms with Crippen molar-refractivity contribution in [2.24, 2.45) is 0 Å². The van der Waals surface area contributed by atoms with Crippen LogP contribution in [0.3, 0.4) is 0 Å². The second kappa shape index (κ2) is 8.28. The third-order valence-electron chi connectivity index (χ3n) is 4.48. The van der Waals surface area contributed by atoms with Gasteiger partial charge < -0.3 is 15.2 Å². The average molecular weight is 436 g/mol. The summed E-state index contributed by atoms with van der Waals surface area (Å²) < 4.78 is 45.5. The number of halogens is 1. The van der Waals surface area contributed by atoms with Crippen LogP contribution in [0.1, 0.15) is 10.4 Å². The highest BCUT2D eigenvalue weighted by Gasteiger charge is 2.26. The highest BCUT2D eigenvalue weighted by molar-refractivity contribution is 7.92. The lowest BCUT2D eigenvalue weighted by Gasteiger charge is -2.23. The van der Waals surface area contributed by atoms with Gasteiger partial charge in [0.05, 0.1) is 43.8 Å². The number of rotatable bonds is 7. The Hall–Kier alpha value is -3.18. The molecular formula is C19H21FN4O5S. The third kappa shape index (κ3) is 3.94. The van der Waals surface area contributed by atoms with Crippen molar-refractivity contribution in [2.45, 2.75) is 0 Å². The van der Waals surface area contributed by atoms with Crippen LogP contribution in [0, 0.1) is 5.82 Å². The van der Waals surface area contributed by atoms with Crippen LogP contribution in [0.25, 0.3) is 16.8 Å². The molecule has 1 amide bonds. The van der Waals surface area contributed by atoms with Gasteiger partial charge in [-0.05, 0) is 24.3 Å². The van der Waals surface area contributed by atoms with Crippen molar-refractivity contribution in [3.8, 4) is 17.0 Å². The minimum Gasteiger partial charge on any atom is -0.494 e. The minimum atomic E-state index is -3.73. The molecule has 0 unspecified atom stereocenters. The van der Waals surface area contributed by atoms with Crippen LogP contribution in [-0.2, 0) is 10.0 Å². The van der Waals surface area contributed by atoms with E-state index in [2.05, 4.69) is 10.4 Å². The second-order valence-electron chi connectivity index (χ2n) is 6.43. The number of aliphatic hydroxyl groups excluding tert-OH is 1. The first-order valence-electron chi connectivity index (χ1n) is 8.88. The summed E-state index contributed by atoms with van der Waals surface area (Å²) in [6, 6.07) is 7.00.